The van der Waals surface area contributed by atoms with Crippen molar-refractivity contribution in [2.45, 2.75) is 59.5 Å². The smallest absolute Gasteiger partial charge is 0.126 e. The lowest BCUT2D eigenvalue weighted by Crippen LogP contribution is -2.49. The first-order valence-electron chi connectivity index (χ1n) is 7.81. The largest absolute Gasteiger partial charge is 0.309 e. The van der Waals surface area contributed by atoms with E-state index in [1.165, 1.54) is 19.3 Å². The molecule has 2 saturated carbocycles. The zero-order valence-corrected chi connectivity index (χ0v) is 13.1. The van der Waals surface area contributed by atoms with E-state index in [-0.39, 0.29) is 5.82 Å². The second kappa shape index (κ2) is 4.56. The number of hydrogen-bond acceptors (Lipinski definition) is 1. The van der Waals surface area contributed by atoms with Crippen LogP contribution in [0.1, 0.15) is 51.2 Å². The molecule has 2 heteroatoms. The van der Waals surface area contributed by atoms with Gasteiger partial charge in [0, 0.05) is 12.6 Å². The number of hydrogen-bond donors (Lipinski definition) is 1. The topological polar surface area (TPSA) is 12.0 Å². The fraction of sp³-hybridized carbons (Fsp3) is 0.667. The van der Waals surface area contributed by atoms with Crippen LogP contribution in [0.4, 0.5) is 4.39 Å². The van der Waals surface area contributed by atoms with Gasteiger partial charge in [-0.1, -0.05) is 32.9 Å². The van der Waals surface area contributed by atoms with E-state index in [1.807, 2.05) is 19.1 Å². The third-order valence-electron chi connectivity index (χ3n) is 6.02. The Hall–Kier alpha value is -0.890. The summed E-state index contributed by atoms with van der Waals surface area (Å²) in [6, 6.07) is 6.12. The van der Waals surface area contributed by atoms with E-state index in [2.05, 4.69) is 26.1 Å². The lowest BCUT2D eigenvalue weighted by molar-refractivity contribution is 0.108. The minimum atomic E-state index is -0.0947. The maximum Gasteiger partial charge on any atom is 0.126 e. The molecule has 2 aliphatic carbocycles. The third kappa shape index (κ3) is 2.09. The van der Waals surface area contributed by atoms with Crippen molar-refractivity contribution in [3.8, 4) is 0 Å². The van der Waals surface area contributed by atoms with Crippen molar-refractivity contribution < 1.29 is 4.39 Å². The molecule has 2 bridgehead atoms. The van der Waals surface area contributed by atoms with Crippen molar-refractivity contribution in [3.05, 3.63) is 35.1 Å². The van der Waals surface area contributed by atoms with Crippen molar-refractivity contribution >= 4 is 0 Å². The molecule has 0 aromatic heterocycles. The van der Waals surface area contributed by atoms with Crippen molar-refractivity contribution in [2.24, 2.45) is 16.7 Å². The fourth-order valence-corrected chi connectivity index (χ4v) is 4.78. The highest BCUT2D eigenvalue weighted by molar-refractivity contribution is 5.23. The van der Waals surface area contributed by atoms with Crippen LogP contribution in [0.3, 0.4) is 0 Å². The molecule has 3 rings (SSSR count). The second-order valence-corrected chi connectivity index (χ2v) is 7.81. The molecule has 0 aliphatic heterocycles. The second-order valence-electron chi connectivity index (χ2n) is 7.81. The first-order valence-corrected chi connectivity index (χ1v) is 7.81. The Bertz CT molecular complexity index is 517. The zero-order valence-electron chi connectivity index (χ0n) is 13.1. The van der Waals surface area contributed by atoms with Crippen LogP contribution in [-0.2, 0) is 6.54 Å². The van der Waals surface area contributed by atoms with Gasteiger partial charge in [-0.2, -0.15) is 0 Å². The summed E-state index contributed by atoms with van der Waals surface area (Å²) in [6.45, 7) is 9.81. The molecular weight excluding hydrogens is 249 g/mol. The van der Waals surface area contributed by atoms with Gasteiger partial charge in [-0.3, -0.25) is 0 Å². The zero-order chi connectivity index (χ0) is 14.5. The number of benzene rings is 1. The lowest BCUT2D eigenvalue weighted by Gasteiger charge is -2.43. The SMILES string of the molecule is Cc1ccc(CNC2C3(C)CCC(C3)C2(C)C)cc1F. The van der Waals surface area contributed by atoms with Crippen LogP contribution >= 0.6 is 0 Å². The standard InChI is InChI=1S/C18H26FN/c1-12-5-6-13(9-15(12)19)11-20-16-17(2,3)14-7-8-18(16,4)10-14/h5-6,9,14,16,20H,7-8,10-11H2,1-4H3. The molecule has 1 nitrogen and oxygen atoms in total. The average molecular weight is 275 g/mol. The molecular formula is C18H26FN. The molecule has 0 heterocycles. The molecule has 0 amide bonds. The van der Waals surface area contributed by atoms with E-state index >= 15 is 0 Å². The lowest BCUT2D eigenvalue weighted by atomic mass is 9.68. The quantitative estimate of drug-likeness (QED) is 0.860. The van der Waals surface area contributed by atoms with Crippen LogP contribution < -0.4 is 5.32 Å². The van der Waals surface area contributed by atoms with E-state index in [9.17, 15) is 4.39 Å². The van der Waals surface area contributed by atoms with Gasteiger partial charge in [0.05, 0.1) is 0 Å². The van der Waals surface area contributed by atoms with Crippen LogP contribution in [0.15, 0.2) is 18.2 Å². The Kier molecular flexibility index (Phi) is 3.20. The molecule has 1 N–H and O–H groups in total. The van der Waals surface area contributed by atoms with Crippen LogP contribution in [0, 0.1) is 29.5 Å². The van der Waals surface area contributed by atoms with Crippen LogP contribution in [0.2, 0.25) is 0 Å². The van der Waals surface area contributed by atoms with Gasteiger partial charge >= 0.3 is 0 Å². The average Bonchev–Trinajstić information content (AvgIpc) is 2.84. The molecule has 20 heavy (non-hydrogen) atoms. The first-order chi connectivity index (χ1) is 9.33. The summed E-state index contributed by atoms with van der Waals surface area (Å²) in [5.74, 6) is 0.752. The van der Waals surface area contributed by atoms with E-state index in [4.69, 9.17) is 0 Å². The minimum absolute atomic E-state index is 0.0947. The van der Waals surface area contributed by atoms with Crippen molar-refractivity contribution in [1.29, 1.82) is 0 Å². The molecule has 3 unspecified atom stereocenters. The highest BCUT2D eigenvalue weighted by atomic mass is 19.1. The Labute approximate surface area is 122 Å². The van der Waals surface area contributed by atoms with Gasteiger partial charge in [0.1, 0.15) is 5.82 Å². The summed E-state index contributed by atoms with van der Waals surface area (Å²) in [5.41, 5.74) is 2.56. The molecule has 1 aromatic carbocycles. The molecule has 0 radical (unpaired) electrons. The summed E-state index contributed by atoms with van der Waals surface area (Å²) in [7, 11) is 0. The Morgan fingerprint density at radius 3 is 2.65 bits per heavy atom. The number of fused-ring (bicyclic) bond motifs is 2. The van der Waals surface area contributed by atoms with Crippen LogP contribution in [-0.4, -0.2) is 6.04 Å². The molecule has 1 aromatic rings. The third-order valence-corrected chi connectivity index (χ3v) is 6.02. The van der Waals surface area contributed by atoms with Gasteiger partial charge in [-0.05, 0) is 60.1 Å². The Balaban J connectivity index is 1.73. The Morgan fingerprint density at radius 2 is 2.05 bits per heavy atom. The van der Waals surface area contributed by atoms with Gasteiger partial charge in [-0.15, -0.1) is 0 Å². The molecule has 3 atom stereocenters. The maximum absolute atomic E-state index is 13.6. The normalized spacial score (nSPS) is 34.6. The van der Waals surface area contributed by atoms with Gasteiger partial charge in [0.15, 0.2) is 0 Å². The maximum atomic E-state index is 13.6. The summed E-state index contributed by atoms with van der Waals surface area (Å²) >= 11 is 0. The summed E-state index contributed by atoms with van der Waals surface area (Å²) in [4.78, 5) is 0. The van der Waals surface area contributed by atoms with E-state index in [0.717, 1.165) is 23.6 Å². The van der Waals surface area contributed by atoms with Crippen molar-refractivity contribution in [2.75, 3.05) is 0 Å². The predicted octanol–water partition coefficient (Wildman–Crippen LogP) is 4.44. The van der Waals surface area contributed by atoms with Gasteiger partial charge < -0.3 is 5.32 Å². The molecule has 2 fully saturated rings. The fourth-order valence-electron chi connectivity index (χ4n) is 4.78. The highest BCUT2D eigenvalue weighted by Gasteiger charge is 2.58. The van der Waals surface area contributed by atoms with Crippen LogP contribution in [0.25, 0.3) is 0 Å². The van der Waals surface area contributed by atoms with Gasteiger partial charge in [-0.25, -0.2) is 4.39 Å². The summed E-state index contributed by atoms with van der Waals surface area (Å²) in [6.07, 6.45) is 4.06. The molecule has 2 aliphatic rings. The van der Waals surface area contributed by atoms with E-state index < -0.39 is 0 Å². The number of nitrogens with one attached hydrogen (secondary N) is 1. The van der Waals surface area contributed by atoms with Gasteiger partial charge in [0.25, 0.3) is 0 Å². The highest BCUT2D eigenvalue weighted by Crippen LogP contribution is 2.62. The number of halogens is 1. The monoisotopic (exact) mass is 275 g/mol. The van der Waals surface area contributed by atoms with Crippen molar-refractivity contribution in [3.63, 3.8) is 0 Å². The molecule has 110 valence electrons. The van der Waals surface area contributed by atoms with Gasteiger partial charge in [0.2, 0.25) is 0 Å². The number of rotatable bonds is 3. The van der Waals surface area contributed by atoms with Crippen LogP contribution in [0.5, 0.6) is 0 Å². The molecule has 0 saturated heterocycles. The number of aryl methyl sites for hydroxylation is 1. The van der Waals surface area contributed by atoms with Crippen molar-refractivity contribution in [1.82, 2.24) is 5.32 Å². The van der Waals surface area contributed by atoms with E-state index in [0.29, 0.717) is 16.9 Å². The summed E-state index contributed by atoms with van der Waals surface area (Å²) < 4.78 is 13.6. The predicted molar refractivity (Wildman–Crippen MR) is 81.0 cm³/mol. The summed E-state index contributed by atoms with van der Waals surface area (Å²) in [5, 5.41) is 3.74. The first kappa shape index (κ1) is 14.1. The minimum Gasteiger partial charge on any atom is -0.309 e. The Morgan fingerprint density at radius 1 is 1.30 bits per heavy atom. The molecule has 0 spiro atoms. The van der Waals surface area contributed by atoms with E-state index in [1.54, 1.807) is 6.07 Å².